The minimum atomic E-state index is -0.883. The van der Waals surface area contributed by atoms with Gasteiger partial charge in [0.2, 0.25) is 0 Å². The Morgan fingerprint density at radius 3 is 2.20 bits per heavy atom. The second kappa shape index (κ2) is 4.65. The number of hydrogen-bond acceptors (Lipinski definition) is 5. The van der Waals surface area contributed by atoms with Gasteiger partial charge in [-0.15, -0.1) is 0 Å². The molecule has 5 heteroatoms. The van der Waals surface area contributed by atoms with Crippen molar-refractivity contribution >= 4 is 0 Å². The number of hydrogen-bond donors (Lipinski definition) is 0. The Labute approximate surface area is 119 Å². The third kappa shape index (κ3) is 1.95. The lowest BCUT2D eigenvalue weighted by Gasteiger charge is -2.62. The quantitative estimate of drug-likeness (QED) is 0.776. The number of ether oxygens (including phenoxy) is 5. The second-order valence-electron chi connectivity index (χ2n) is 6.72. The fraction of sp³-hybridized carbons (Fsp3) is 1.00. The van der Waals surface area contributed by atoms with Crippen LogP contribution in [0.4, 0.5) is 0 Å². The van der Waals surface area contributed by atoms with Crippen molar-refractivity contribution in [3.05, 3.63) is 0 Å². The van der Waals surface area contributed by atoms with Gasteiger partial charge in [0.05, 0.1) is 18.3 Å². The molecule has 0 spiro atoms. The van der Waals surface area contributed by atoms with Gasteiger partial charge in [-0.3, -0.25) is 0 Å². The van der Waals surface area contributed by atoms with Crippen LogP contribution in [0.25, 0.3) is 0 Å². The minimum absolute atomic E-state index is 0.0410. The summed E-state index contributed by atoms with van der Waals surface area (Å²) in [4.78, 5) is 0. The van der Waals surface area contributed by atoms with Gasteiger partial charge in [0.15, 0.2) is 6.29 Å². The van der Waals surface area contributed by atoms with Gasteiger partial charge in [0, 0.05) is 25.4 Å². The molecule has 0 aromatic heterocycles. The van der Waals surface area contributed by atoms with Crippen molar-refractivity contribution in [2.75, 3.05) is 6.61 Å². The van der Waals surface area contributed by atoms with E-state index in [0.717, 1.165) is 19.4 Å². The van der Waals surface area contributed by atoms with Crippen LogP contribution in [0.2, 0.25) is 0 Å². The van der Waals surface area contributed by atoms with Gasteiger partial charge in [0.1, 0.15) is 6.10 Å². The van der Waals surface area contributed by atoms with Crippen molar-refractivity contribution in [1.29, 1.82) is 0 Å². The molecule has 4 aliphatic heterocycles. The van der Waals surface area contributed by atoms with Gasteiger partial charge in [-0.2, -0.15) is 0 Å². The fourth-order valence-electron chi connectivity index (χ4n) is 4.18. The van der Waals surface area contributed by atoms with Crippen molar-refractivity contribution in [3.8, 4) is 0 Å². The highest BCUT2D eigenvalue weighted by atomic mass is 16.9. The molecular formula is C15H24O5. The highest BCUT2D eigenvalue weighted by Gasteiger charge is 2.64. The highest BCUT2D eigenvalue weighted by molar-refractivity contribution is 5.04. The Kier molecular flexibility index (Phi) is 3.13. The molecule has 5 unspecified atom stereocenters. The standard InChI is InChI=1S/C15H24O5/c1-8-11-9(2)13-14(17-10-6-4-5-7-16-10)12(8)19-15(3,18-11)20-13/h8-14H,4-7H2,1-3H3. The largest absolute Gasteiger partial charge is 0.353 e. The van der Waals surface area contributed by atoms with E-state index in [1.807, 2.05) is 6.92 Å². The summed E-state index contributed by atoms with van der Waals surface area (Å²) in [5, 5.41) is 0. The molecule has 1 aliphatic carbocycles. The maximum absolute atomic E-state index is 6.23. The van der Waals surface area contributed by atoms with E-state index in [2.05, 4.69) is 13.8 Å². The molecule has 114 valence electrons. The second-order valence-corrected chi connectivity index (χ2v) is 6.72. The highest BCUT2D eigenvalue weighted by Crippen LogP contribution is 2.51. The molecule has 5 nitrogen and oxygen atoms in total. The molecule has 5 rings (SSSR count). The Balaban J connectivity index is 1.54. The zero-order valence-corrected chi connectivity index (χ0v) is 12.4. The van der Waals surface area contributed by atoms with Crippen LogP contribution in [0.5, 0.6) is 0 Å². The molecule has 4 heterocycles. The first-order chi connectivity index (χ1) is 9.57. The summed E-state index contributed by atoms with van der Waals surface area (Å²) >= 11 is 0. The van der Waals surface area contributed by atoms with Crippen molar-refractivity contribution in [1.82, 2.24) is 0 Å². The van der Waals surface area contributed by atoms with Crippen molar-refractivity contribution < 1.29 is 23.7 Å². The molecule has 4 saturated heterocycles. The van der Waals surface area contributed by atoms with Gasteiger partial charge in [0.25, 0.3) is 5.97 Å². The van der Waals surface area contributed by atoms with Gasteiger partial charge < -0.3 is 23.7 Å². The number of rotatable bonds is 2. The molecule has 4 bridgehead atoms. The first-order valence-corrected chi connectivity index (χ1v) is 7.88. The van der Waals surface area contributed by atoms with E-state index >= 15 is 0 Å². The first kappa shape index (κ1) is 13.5. The zero-order valence-electron chi connectivity index (χ0n) is 12.4. The van der Waals surface area contributed by atoms with Crippen molar-refractivity contribution in [2.45, 2.75) is 76.7 Å². The molecule has 0 aromatic carbocycles. The van der Waals surface area contributed by atoms with Gasteiger partial charge in [-0.05, 0) is 19.3 Å². The molecule has 5 fully saturated rings. The van der Waals surface area contributed by atoms with Crippen LogP contribution >= 0.6 is 0 Å². The minimum Gasteiger partial charge on any atom is -0.353 e. The molecule has 0 aromatic rings. The summed E-state index contributed by atoms with van der Waals surface area (Å²) < 4.78 is 29.9. The maximum Gasteiger partial charge on any atom is 0.280 e. The summed E-state index contributed by atoms with van der Waals surface area (Å²) in [5.74, 6) is -0.231. The fourth-order valence-corrected chi connectivity index (χ4v) is 4.18. The molecule has 20 heavy (non-hydrogen) atoms. The predicted octanol–water partition coefficient (Wildman–Crippen LogP) is 2.04. The molecule has 0 N–H and O–H groups in total. The van der Waals surface area contributed by atoms with Crippen molar-refractivity contribution in [2.24, 2.45) is 11.8 Å². The Bertz CT molecular complexity index is 360. The Hall–Kier alpha value is -0.200. The summed E-state index contributed by atoms with van der Waals surface area (Å²) in [6.45, 7) is 7.03. The van der Waals surface area contributed by atoms with Gasteiger partial charge in [-0.1, -0.05) is 13.8 Å². The molecular weight excluding hydrogens is 260 g/mol. The van der Waals surface area contributed by atoms with Crippen LogP contribution in [-0.2, 0) is 23.7 Å². The van der Waals surface area contributed by atoms with Crippen molar-refractivity contribution in [3.63, 3.8) is 0 Å². The van der Waals surface area contributed by atoms with E-state index < -0.39 is 5.97 Å². The predicted molar refractivity (Wildman–Crippen MR) is 69.8 cm³/mol. The topological polar surface area (TPSA) is 46.2 Å². The van der Waals surface area contributed by atoms with Crippen LogP contribution in [-0.4, -0.2) is 43.3 Å². The monoisotopic (exact) mass is 284 g/mol. The average Bonchev–Trinajstić information content (AvgIpc) is 2.44. The molecule has 0 radical (unpaired) electrons. The van der Waals surface area contributed by atoms with E-state index in [0.29, 0.717) is 11.8 Å². The maximum atomic E-state index is 6.23. The van der Waals surface area contributed by atoms with E-state index in [9.17, 15) is 0 Å². The normalized spacial score (nSPS) is 58.0. The Morgan fingerprint density at radius 1 is 0.950 bits per heavy atom. The third-order valence-electron chi connectivity index (χ3n) is 5.22. The lowest BCUT2D eigenvalue weighted by Crippen LogP contribution is -2.74. The first-order valence-electron chi connectivity index (χ1n) is 7.88. The SMILES string of the molecule is CC1C2OC3(C)OC1C(OC1CCCCO1)C(O3)C2C. The lowest BCUT2D eigenvalue weighted by atomic mass is 9.72. The van der Waals surface area contributed by atoms with E-state index in [1.165, 1.54) is 6.42 Å². The summed E-state index contributed by atoms with van der Waals surface area (Å²) in [7, 11) is 0. The average molecular weight is 284 g/mol. The third-order valence-corrected chi connectivity index (χ3v) is 5.22. The van der Waals surface area contributed by atoms with Crippen LogP contribution in [0, 0.1) is 11.8 Å². The molecule has 0 amide bonds. The molecule has 5 atom stereocenters. The van der Waals surface area contributed by atoms with Crippen LogP contribution in [0.15, 0.2) is 0 Å². The van der Waals surface area contributed by atoms with E-state index in [-0.39, 0.29) is 30.7 Å². The summed E-state index contributed by atoms with van der Waals surface area (Å²) in [5.41, 5.74) is 0. The van der Waals surface area contributed by atoms with Crippen LogP contribution < -0.4 is 0 Å². The van der Waals surface area contributed by atoms with Crippen LogP contribution in [0.1, 0.15) is 40.0 Å². The molecule has 1 saturated carbocycles. The lowest BCUT2D eigenvalue weighted by molar-refractivity contribution is -0.529. The summed E-state index contributed by atoms with van der Waals surface area (Å²) in [6.07, 6.45) is 3.40. The van der Waals surface area contributed by atoms with Gasteiger partial charge in [-0.25, -0.2) is 0 Å². The molecule has 5 aliphatic rings. The van der Waals surface area contributed by atoms with E-state index in [1.54, 1.807) is 0 Å². The van der Waals surface area contributed by atoms with Gasteiger partial charge >= 0.3 is 0 Å². The zero-order chi connectivity index (χ0) is 13.9. The van der Waals surface area contributed by atoms with Crippen LogP contribution in [0.3, 0.4) is 0 Å². The summed E-state index contributed by atoms with van der Waals surface area (Å²) in [6, 6.07) is 0. The Morgan fingerprint density at radius 2 is 1.60 bits per heavy atom. The van der Waals surface area contributed by atoms with E-state index in [4.69, 9.17) is 23.7 Å². The smallest absolute Gasteiger partial charge is 0.280 e.